The van der Waals surface area contributed by atoms with Crippen LogP contribution in [0.25, 0.3) is 11.0 Å². The number of fused-ring (bicyclic) bond motifs is 1. The van der Waals surface area contributed by atoms with Crippen LogP contribution in [-0.4, -0.2) is 16.1 Å². The zero-order valence-corrected chi connectivity index (χ0v) is 13.6. The predicted octanol–water partition coefficient (Wildman–Crippen LogP) is 3.91. The second kappa shape index (κ2) is 5.57. The van der Waals surface area contributed by atoms with E-state index in [1.807, 2.05) is 6.07 Å². The average molecular weight is 273 g/mol. The van der Waals surface area contributed by atoms with Crippen LogP contribution in [0, 0.1) is 11.3 Å². The fourth-order valence-corrected chi connectivity index (χ4v) is 2.26. The molecule has 2 rings (SSSR count). The minimum Gasteiger partial charge on any atom is -0.330 e. The van der Waals surface area contributed by atoms with Gasteiger partial charge in [0.1, 0.15) is 5.82 Å². The third kappa shape index (κ3) is 2.88. The Morgan fingerprint density at radius 2 is 1.85 bits per heavy atom. The SMILES string of the molecule is CC(NCC(C)(C)C(C)C)c1nc2ccccc2n1C. The topological polar surface area (TPSA) is 29.9 Å². The number of rotatable bonds is 5. The Balaban J connectivity index is 2.16. The van der Waals surface area contributed by atoms with E-state index in [0.29, 0.717) is 11.3 Å². The fourth-order valence-electron chi connectivity index (χ4n) is 2.26. The second-order valence-electron chi connectivity index (χ2n) is 6.76. The Bertz CT molecular complexity index is 581. The van der Waals surface area contributed by atoms with Crippen LogP contribution >= 0.6 is 0 Å². The number of hydrogen-bond acceptors (Lipinski definition) is 2. The van der Waals surface area contributed by atoms with Crippen molar-refractivity contribution in [3.05, 3.63) is 30.1 Å². The molecule has 0 spiro atoms. The molecular formula is C17H27N3. The van der Waals surface area contributed by atoms with Crippen LogP contribution in [0.15, 0.2) is 24.3 Å². The summed E-state index contributed by atoms with van der Waals surface area (Å²) in [6, 6.07) is 8.55. The van der Waals surface area contributed by atoms with E-state index in [9.17, 15) is 0 Å². The van der Waals surface area contributed by atoms with Crippen molar-refractivity contribution in [2.45, 2.75) is 40.7 Å². The molecule has 0 aliphatic carbocycles. The van der Waals surface area contributed by atoms with Gasteiger partial charge in [0.15, 0.2) is 0 Å². The van der Waals surface area contributed by atoms with Crippen molar-refractivity contribution in [2.24, 2.45) is 18.4 Å². The summed E-state index contributed by atoms with van der Waals surface area (Å²) in [6.45, 7) is 12.4. The van der Waals surface area contributed by atoms with Crippen LogP contribution in [-0.2, 0) is 7.05 Å². The van der Waals surface area contributed by atoms with Crippen LogP contribution in [0.5, 0.6) is 0 Å². The van der Waals surface area contributed by atoms with E-state index in [1.165, 1.54) is 5.52 Å². The summed E-state index contributed by atoms with van der Waals surface area (Å²) in [4.78, 5) is 4.76. The van der Waals surface area contributed by atoms with Crippen LogP contribution in [0.3, 0.4) is 0 Å². The summed E-state index contributed by atoms with van der Waals surface area (Å²) in [6.07, 6.45) is 0. The van der Waals surface area contributed by atoms with Crippen molar-refractivity contribution in [2.75, 3.05) is 6.54 Å². The van der Waals surface area contributed by atoms with Crippen molar-refractivity contribution < 1.29 is 0 Å². The number of nitrogens with zero attached hydrogens (tertiary/aromatic N) is 2. The number of para-hydroxylation sites is 2. The van der Waals surface area contributed by atoms with E-state index in [2.05, 4.69) is 69.7 Å². The summed E-state index contributed by atoms with van der Waals surface area (Å²) in [5.74, 6) is 1.76. The first kappa shape index (κ1) is 15.0. The van der Waals surface area contributed by atoms with Gasteiger partial charge in [-0.2, -0.15) is 0 Å². The molecule has 3 nitrogen and oxygen atoms in total. The summed E-state index contributed by atoms with van der Waals surface area (Å²) in [5, 5.41) is 3.64. The molecule has 1 atom stereocenters. The molecule has 0 bridgehead atoms. The van der Waals surface area contributed by atoms with E-state index in [-0.39, 0.29) is 6.04 Å². The lowest BCUT2D eigenvalue weighted by atomic mass is 9.81. The standard InChI is InChI=1S/C17H27N3/c1-12(2)17(4,5)11-18-13(3)16-19-14-9-7-8-10-15(14)20(16)6/h7-10,12-13,18H,11H2,1-6H3. The van der Waals surface area contributed by atoms with Gasteiger partial charge in [0.05, 0.1) is 17.1 Å². The molecule has 1 heterocycles. The van der Waals surface area contributed by atoms with Gasteiger partial charge < -0.3 is 9.88 Å². The lowest BCUT2D eigenvalue weighted by Gasteiger charge is -2.31. The lowest BCUT2D eigenvalue weighted by molar-refractivity contribution is 0.229. The van der Waals surface area contributed by atoms with E-state index in [0.717, 1.165) is 17.9 Å². The lowest BCUT2D eigenvalue weighted by Crippen LogP contribution is -2.35. The minimum atomic E-state index is 0.255. The molecular weight excluding hydrogens is 246 g/mol. The molecule has 2 aromatic rings. The van der Waals surface area contributed by atoms with Crippen molar-refractivity contribution >= 4 is 11.0 Å². The Kier molecular flexibility index (Phi) is 4.19. The van der Waals surface area contributed by atoms with Crippen molar-refractivity contribution in [1.82, 2.24) is 14.9 Å². The number of nitrogens with one attached hydrogen (secondary N) is 1. The van der Waals surface area contributed by atoms with E-state index in [1.54, 1.807) is 0 Å². The van der Waals surface area contributed by atoms with Gasteiger partial charge in [-0.3, -0.25) is 0 Å². The first-order valence-electron chi connectivity index (χ1n) is 7.47. The molecule has 0 saturated heterocycles. The van der Waals surface area contributed by atoms with E-state index < -0.39 is 0 Å². The first-order valence-corrected chi connectivity index (χ1v) is 7.47. The molecule has 0 aliphatic rings. The van der Waals surface area contributed by atoms with Gasteiger partial charge in [-0.05, 0) is 30.4 Å². The quantitative estimate of drug-likeness (QED) is 0.895. The van der Waals surface area contributed by atoms with Crippen molar-refractivity contribution in [3.63, 3.8) is 0 Å². The van der Waals surface area contributed by atoms with Crippen molar-refractivity contribution in [1.29, 1.82) is 0 Å². The highest BCUT2D eigenvalue weighted by molar-refractivity contribution is 5.75. The minimum absolute atomic E-state index is 0.255. The second-order valence-corrected chi connectivity index (χ2v) is 6.76. The Labute approximate surface area is 122 Å². The number of imidazole rings is 1. The molecule has 1 aromatic heterocycles. The molecule has 20 heavy (non-hydrogen) atoms. The smallest absolute Gasteiger partial charge is 0.126 e. The maximum atomic E-state index is 4.76. The van der Waals surface area contributed by atoms with Gasteiger partial charge in [-0.25, -0.2) is 4.98 Å². The Hall–Kier alpha value is -1.35. The Morgan fingerprint density at radius 1 is 1.20 bits per heavy atom. The highest BCUT2D eigenvalue weighted by Gasteiger charge is 2.24. The third-order valence-corrected chi connectivity index (χ3v) is 4.64. The highest BCUT2D eigenvalue weighted by atomic mass is 15.1. The highest BCUT2D eigenvalue weighted by Crippen LogP contribution is 2.26. The van der Waals surface area contributed by atoms with E-state index in [4.69, 9.17) is 4.98 Å². The molecule has 1 aromatic carbocycles. The normalized spacial score (nSPS) is 14.2. The maximum absolute atomic E-state index is 4.76. The van der Waals surface area contributed by atoms with Gasteiger partial charge in [0.2, 0.25) is 0 Å². The number of aryl methyl sites for hydroxylation is 1. The van der Waals surface area contributed by atoms with Gasteiger partial charge in [-0.15, -0.1) is 0 Å². The number of hydrogen-bond donors (Lipinski definition) is 1. The molecule has 3 heteroatoms. The number of benzene rings is 1. The third-order valence-electron chi connectivity index (χ3n) is 4.64. The predicted molar refractivity (Wildman–Crippen MR) is 85.8 cm³/mol. The monoisotopic (exact) mass is 273 g/mol. The summed E-state index contributed by atoms with van der Waals surface area (Å²) >= 11 is 0. The molecule has 0 saturated carbocycles. The van der Waals surface area contributed by atoms with Gasteiger partial charge in [0.25, 0.3) is 0 Å². The maximum Gasteiger partial charge on any atom is 0.126 e. The zero-order valence-electron chi connectivity index (χ0n) is 13.6. The Morgan fingerprint density at radius 3 is 2.45 bits per heavy atom. The molecule has 0 aliphatic heterocycles. The summed E-state index contributed by atoms with van der Waals surface area (Å²) < 4.78 is 2.19. The molecule has 0 amide bonds. The zero-order chi connectivity index (χ0) is 14.9. The average Bonchev–Trinajstić information content (AvgIpc) is 2.74. The fraction of sp³-hybridized carbons (Fsp3) is 0.588. The van der Waals surface area contributed by atoms with Crippen LogP contribution in [0.1, 0.15) is 46.5 Å². The summed E-state index contributed by atoms with van der Waals surface area (Å²) in [7, 11) is 2.09. The van der Waals surface area contributed by atoms with Crippen LogP contribution < -0.4 is 5.32 Å². The van der Waals surface area contributed by atoms with Crippen LogP contribution in [0.4, 0.5) is 0 Å². The van der Waals surface area contributed by atoms with Crippen molar-refractivity contribution in [3.8, 4) is 0 Å². The largest absolute Gasteiger partial charge is 0.330 e. The first-order chi connectivity index (χ1) is 9.33. The van der Waals surface area contributed by atoms with Crippen LogP contribution in [0.2, 0.25) is 0 Å². The number of aromatic nitrogens is 2. The summed E-state index contributed by atoms with van der Waals surface area (Å²) in [5.41, 5.74) is 2.56. The molecule has 0 radical (unpaired) electrons. The molecule has 1 N–H and O–H groups in total. The van der Waals surface area contributed by atoms with E-state index >= 15 is 0 Å². The van der Waals surface area contributed by atoms with Gasteiger partial charge in [0, 0.05) is 13.6 Å². The van der Waals surface area contributed by atoms with Gasteiger partial charge in [-0.1, -0.05) is 39.8 Å². The molecule has 0 fully saturated rings. The molecule has 1 unspecified atom stereocenters. The molecule has 110 valence electrons. The van der Waals surface area contributed by atoms with Gasteiger partial charge >= 0.3 is 0 Å².